The van der Waals surface area contributed by atoms with E-state index in [0.717, 1.165) is 57.2 Å². The Hall–Kier alpha value is -0.970. The first-order valence-corrected chi connectivity index (χ1v) is 8.58. The van der Waals surface area contributed by atoms with Gasteiger partial charge >= 0.3 is 0 Å². The first kappa shape index (κ1) is 15.9. The number of nitrogens with one attached hydrogen (secondary N) is 1. The minimum absolute atomic E-state index is 0.131. The van der Waals surface area contributed by atoms with Crippen molar-refractivity contribution in [2.75, 3.05) is 13.2 Å². The zero-order chi connectivity index (χ0) is 15.4. The molecule has 2 fully saturated rings. The summed E-state index contributed by atoms with van der Waals surface area (Å²) in [6, 6.07) is 7.56. The van der Waals surface area contributed by atoms with Gasteiger partial charge in [0.25, 0.3) is 0 Å². The van der Waals surface area contributed by atoms with E-state index in [1.165, 1.54) is 6.07 Å². The van der Waals surface area contributed by atoms with Crippen LogP contribution in [0.2, 0.25) is 0 Å². The van der Waals surface area contributed by atoms with Crippen LogP contribution in [0.15, 0.2) is 24.3 Å². The number of piperidine rings is 1. The third-order valence-corrected chi connectivity index (χ3v) is 5.14. The normalized spacial score (nSPS) is 32.8. The predicted molar refractivity (Wildman–Crippen MR) is 86.3 cm³/mol. The third kappa shape index (κ3) is 4.06. The molecule has 1 saturated carbocycles. The number of nitrogens with two attached hydrogens (primary N) is 1. The fraction of sp³-hybridized carbons (Fsp3) is 0.667. The largest absolute Gasteiger partial charge is 0.377 e. The molecule has 2 atom stereocenters. The smallest absolute Gasteiger partial charge is 0.123 e. The minimum Gasteiger partial charge on any atom is -0.377 e. The lowest BCUT2D eigenvalue weighted by Gasteiger charge is -2.33. The lowest BCUT2D eigenvalue weighted by atomic mass is 9.82. The Labute approximate surface area is 132 Å². The van der Waals surface area contributed by atoms with Crippen LogP contribution in [0.4, 0.5) is 4.39 Å². The lowest BCUT2D eigenvalue weighted by Crippen LogP contribution is -2.52. The van der Waals surface area contributed by atoms with Crippen LogP contribution in [0, 0.1) is 5.82 Å². The van der Waals surface area contributed by atoms with Gasteiger partial charge in [0.2, 0.25) is 0 Å². The van der Waals surface area contributed by atoms with E-state index in [1.54, 1.807) is 6.07 Å². The molecule has 1 unspecified atom stereocenters. The lowest BCUT2D eigenvalue weighted by molar-refractivity contribution is 0.00619. The summed E-state index contributed by atoms with van der Waals surface area (Å²) < 4.78 is 19.4. The molecule has 1 aliphatic heterocycles. The second-order valence-corrected chi connectivity index (χ2v) is 6.73. The maximum atomic E-state index is 13.3. The average Bonchev–Trinajstić information content (AvgIpc) is 2.55. The molecule has 1 heterocycles. The van der Waals surface area contributed by atoms with E-state index < -0.39 is 0 Å². The molecule has 22 heavy (non-hydrogen) atoms. The molecule has 0 amide bonds. The molecule has 0 aromatic heterocycles. The zero-order valence-electron chi connectivity index (χ0n) is 13.1. The van der Waals surface area contributed by atoms with Gasteiger partial charge in [-0.1, -0.05) is 12.1 Å². The summed E-state index contributed by atoms with van der Waals surface area (Å²) in [5.74, 6) is 0.346. The molecule has 3 N–H and O–H groups in total. The molecule has 1 saturated heterocycles. The Bertz CT molecular complexity index is 474. The molecule has 4 heteroatoms. The van der Waals surface area contributed by atoms with Crippen molar-refractivity contribution >= 4 is 0 Å². The molecule has 1 aliphatic carbocycles. The van der Waals surface area contributed by atoms with Gasteiger partial charge in [0.1, 0.15) is 5.82 Å². The Balaban J connectivity index is 1.44. The van der Waals surface area contributed by atoms with Crippen LogP contribution in [-0.2, 0) is 4.74 Å². The van der Waals surface area contributed by atoms with Gasteiger partial charge in [-0.3, -0.25) is 0 Å². The van der Waals surface area contributed by atoms with E-state index in [1.807, 2.05) is 12.1 Å². The number of benzene rings is 1. The standard InChI is InChI=1S/C18H27FN2O/c19-15-4-1-3-14(11-15)13-6-8-16(9-7-13)22-12-18-17(20)5-2-10-21-18/h1,3-4,11,13,16-18,21H,2,5-10,12,20H2/t13?,16?,17?,18-/m0/s1. The SMILES string of the molecule is NC1CCCN[C@H]1COC1CCC(c2cccc(F)c2)CC1. The first-order valence-electron chi connectivity index (χ1n) is 8.58. The molecule has 0 radical (unpaired) electrons. The Kier molecular flexibility index (Phi) is 5.45. The maximum Gasteiger partial charge on any atom is 0.123 e. The van der Waals surface area contributed by atoms with Crippen LogP contribution < -0.4 is 11.1 Å². The van der Waals surface area contributed by atoms with Gasteiger partial charge in [-0.15, -0.1) is 0 Å². The highest BCUT2D eigenvalue weighted by atomic mass is 19.1. The van der Waals surface area contributed by atoms with Crippen LogP contribution >= 0.6 is 0 Å². The average molecular weight is 306 g/mol. The molecule has 2 aliphatic rings. The molecular formula is C18H27FN2O. The molecule has 1 aromatic carbocycles. The zero-order valence-corrected chi connectivity index (χ0v) is 13.1. The quantitative estimate of drug-likeness (QED) is 0.899. The van der Waals surface area contributed by atoms with E-state index in [4.69, 9.17) is 10.5 Å². The van der Waals surface area contributed by atoms with Crippen LogP contribution in [0.3, 0.4) is 0 Å². The van der Waals surface area contributed by atoms with Crippen LogP contribution in [-0.4, -0.2) is 31.3 Å². The molecule has 3 rings (SSSR count). The van der Waals surface area contributed by atoms with Gasteiger partial charge in [-0.05, 0) is 68.7 Å². The van der Waals surface area contributed by atoms with Gasteiger partial charge in [0, 0.05) is 12.1 Å². The van der Waals surface area contributed by atoms with Gasteiger partial charge in [-0.2, -0.15) is 0 Å². The van der Waals surface area contributed by atoms with Crippen molar-refractivity contribution < 1.29 is 9.13 Å². The monoisotopic (exact) mass is 306 g/mol. The number of ether oxygens (including phenoxy) is 1. The van der Waals surface area contributed by atoms with Crippen LogP contribution in [0.5, 0.6) is 0 Å². The second-order valence-electron chi connectivity index (χ2n) is 6.73. The predicted octanol–water partition coefficient (Wildman–Crippen LogP) is 2.95. The Morgan fingerprint density at radius 1 is 1.18 bits per heavy atom. The molecule has 0 bridgehead atoms. The van der Waals surface area contributed by atoms with Crippen LogP contribution in [0.1, 0.15) is 50.0 Å². The van der Waals surface area contributed by atoms with Crippen molar-refractivity contribution in [3.63, 3.8) is 0 Å². The molecular weight excluding hydrogens is 279 g/mol. The van der Waals surface area contributed by atoms with Crippen molar-refractivity contribution in [3.05, 3.63) is 35.6 Å². The summed E-state index contributed by atoms with van der Waals surface area (Å²) in [4.78, 5) is 0. The van der Waals surface area contributed by atoms with E-state index in [-0.39, 0.29) is 11.9 Å². The number of hydrogen-bond acceptors (Lipinski definition) is 3. The summed E-state index contributed by atoms with van der Waals surface area (Å²) in [6.45, 7) is 1.77. The fourth-order valence-corrected chi connectivity index (χ4v) is 3.72. The van der Waals surface area contributed by atoms with E-state index in [2.05, 4.69) is 5.32 Å². The maximum absolute atomic E-state index is 13.3. The summed E-state index contributed by atoms with van der Waals surface area (Å²) >= 11 is 0. The molecule has 1 aromatic rings. The highest BCUT2D eigenvalue weighted by molar-refractivity contribution is 5.21. The summed E-state index contributed by atoms with van der Waals surface area (Å²) in [5.41, 5.74) is 7.26. The molecule has 0 spiro atoms. The summed E-state index contributed by atoms with van der Waals surface area (Å²) in [5, 5.41) is 3.46. The summed E-state index contributed by atoms with van der Waals surface area (Å²) in [7, 11) is 0. The topological polar surface area (TPSA) is 47.3 Å². The first-order chi connectivity index (χ1) is 10.7. The molecule has 3 nitrogen and oxygen atoms in total. The highest BCUT2D eigenvalue weighted by Gasteiger charge is 2.26. The number of hydrogen-bond donors (Lipinski definition) is 2. The minimum atomic E-state index is -0.131. The summed E-state index contributed by atoms with van der Waals surface area (Å²) in [6.07, 6.45) is 6.87. The van der Waals surface area contributed by atoms with Gasteiger partial charge in [-0.25, -0.2) is 4.39 Å². The number of halogens is 1. The Morgan fingerprint density at radius 2 is 2.00 bits per heavy atom. The number of rotatable bonds is 4. The van der Waals surface area contributed by atoms with Gasteiger partial charge < -0.3 is 15.8 Å². The Morgan fingerprint density at radius 3 is 2.73 bits per heavy atom. The third-order valence-electron chi connectivity index (χ3n) is 5.14. The highest BCUT2D eigenvalue weighted by Crippen LogP contribution is 2.34. The van der Waals surface area contributed by atoms with Gasteiger partial charge in [0.15, 0.2) is 0 Å². The van der Waals surface area contributed by atoms with E-state index >= 15 is 0 Å². The fourth-order valence-electron chi connectivity index (χ4n) is 3.72. The van der Waals surface area contributed by atoms with Crippen molar-refractivity contribution in [1.29, 1.82) is 0 Å². The molecule has 122 valence electrons. The second kappa shape index (κ2) is 7.53. The van der Waals surface area contributed by atoms with Crippen LogP contribution in [0.25, 0.3) is 0 Å². The van der Waals surface area contributed by atoms with Crippen molar-refractivity contribution in [1.82, 2.24) is 5.32 Å². The van der Waals surface area contributed by atoms with Crippen molar-refractivity contribution in [2.45, 2.75) is 62.6 Å². The van der Waals surface area contributed by atoms with Crippen molar-refractivity contribution in [3.8, 4) is 0 Å². The van der Waals surface area contributed by atoms with Crippen molar-refractivity contribution in [2.24, 2.45) is 5.73 Å². The van der Waals surface area contributed by atoms with E-state index in [9.17, 15) is 4.39 Å². The van der Waals surface area contributed by atoms with E-state index in [0.29, 0.717) is 18.1 Å². The van der Waals surface area contributed by atoms with Gasteiger partial charge in [0.05, 0.1) is 12.7 Å².